The number of ether oxygens (including phenoxy) is 1. The summed E-state index contributed by atoms with van der Waals surface area (Å²) in [6.45, 7) is 8.51. The lowest BCUT2D eigenvalue weighted by atomic mass is 10.0. The van der Waals surface area contributed by atoms with Gasteiger partial charge in [-0.3, -0.25) is 9.69 Å². The number of fused-ring (bicyclic) bond motifs is 1. The topological polar surface area (TPSA) is 74.4 Å². The molecular formula is C25H25ClFN5O2. The van der Waals surface area contributed by atoms with E-state index in [9.17, 15) is 14.4 Å². The molecule has 1 aliphatic rings. The maximum Gasteiger partial charge on any atom is 0.270 e. The SMILES string of the molecule is C=CCOc1cc(F)ccc1C(C)N1CCN(c2c(C#N)c(=O)n(C)c3ccc(Cl)nc23)CC1. The second-order valence-electron chi connectivity index (χ2n) is 8.18. The Hall–Kier alpha value is -3.41. The van der Waals surface area contributed by atoms with Crippen molar-refractivity contribution in [1.82, 2.24) is 14.5 Å². The van der Waals surface area contributed by atoms with Crippen molar-refractivity contribution in [2.24, 2.45) is 7.05 Å². The third-order valence-corrected chi connectivity index (χ3v) is 6.46. The minimum atomic E-state index is -0.361. The highest BCUT2D eigenvalue weighted by atomic mass is 35.5. The van der Waals surface area contributed by atoms with Crippen molar-refractivity contribution < 1.29 is 9.13 Å². The molecule has 1 aromatic carbocycles. The molecule has 1 atom stereocenters. The molecule has 1 unspecified atom stereocenters. The number of rotatable bonds is 6. The molecule has 1 fully saturated rings. The summed E-state index contributed by atoms with van der Waals surface area (Å²) >= 11 is 6.16. The Kier molecular flexibility index (Phi) is 6.87. The van der Waals surface area contributed by atoms with E-state index in [1.54, 1.807) is 31.3 Å². The van der Waals surface area contributed by atoms with Crippen molar-refractivity contribution in [1.29, 1.82) is 5.26 Å². The van der Waals surface area contributed by atoms with Gasteiger partial charge >= 0.3 is 0 Å². The Morgan fingerprint density at radius 2 is 2.03 bits per heavy atom. The largest absolute Gasteiger partial charge is 0.489 e. The molecule has 7 nitrogen and oxygen atoms in total. The second kappa shape index (κ2) is 9.84. The molecule has 3 aromatic rings. The molecule has 0 spiro atoms. The van der Waals surface area contributed by atoms with E-state index in [2.05, 4.69) is 29.5 Å². The average Bonchev–Trinajstić information content (AvgIpc) is 2.84. The van der Waals surface area contributed by atoms with Crippen molar-refractivity contribution in [3.8, 4) is 11.8 Å². The number of benzene rings is 1. The molecule has 0 amide bonds. The lowest BCUT2D eigenvalue weighted by Crippen LogP contribution is -2.48. The number of hydrogen-bond acceptors (Lipinski definition) is 6. The van der Waals surface area contributed by atoms with Crippen LogP contribution in [0.15, 0.2) is 47.8 Å². The van der Waals surface area contributed by atoms with Crippen LogP contribution in [0.3, 0.4) is 0 Å². The number of nitrogens with zero attached hydrogens (tertiary/aromatic N) is 5. The van der Waals surface area contributed by atoms with E-state index in [1.165, 1.54) is 16.7 Å². The fraction of sp³-hybridized carbons (Fsp3) is 0.320. The number of nitriles is 1. The zero-order chi connectivity index (χ0) is 24.4. The first-order valence-corrected chi connectivity index (χ1v) is 11.3. The summed E-state index contributed by atoms with van der Waals surface area (Å²) in [6.07, 6.45) is 1.62. The van der Waals surface area contributed by atoms with Gasteiger partial charge in [-0.2, -0.15) is 5.26 Å². The van der Waals surface area contributed by atoms with Gasteiger partial charge in [-0.1, -0.05) is 30.3 Å². The third kappa shape index (κ3) is 4.37. The van der Waals surface area contributed by atoms with Gasteiger partial charge < -0.3 is 14.2 Å². The molecule has 0 bridgehead atoms. The maximum atomic E-state index is 13.8. The number of anilines is 1. The van der Waals surface area contributed by atoms with Crippen molar-refractivity contribution in [2.75, 3.05) is 37.7 Å². The quantitative estimate of drug-likeness (QED) is 0.390. The highest BCUT2D eigenvalue weighted by Crippen LogP contribution is 2.33. The predicted molar refractivity (Wildman–Crippen MR) is 131 cm³/mol. The first-order chi connectivity index (χ1) is 16.3. The summed E-state index contributed by atoms with van der Waals surface area (Å²) in [4.78, 5) is 21.6. The van der Waals surface area contributed by atoms with Gasteiger partial charge in [-0.15, -0.1) is 0 Å². The number of piperazine rings is 1. The lowest BCUT2D eigenvalue weighted by molar-refractivity contribution is 0.194. The van der Waals surface area contributed by atoms with E-state index >= 15 is 0 Å². The fourth-order valence-electron chi connectivity index (χ4n) is 4.43. The minimum absolute atomic E-state index is 0.0223. The monoisotopic (exact) mass is 481 g/mol. The summed E-state index contributed by atoms with van der Waals surface area (Å²) in [7, 11) is 1.62. The van der Waals surface area contributed by atoms with Crippen LogP contribution in [0.1, 0.15) is 24.1 Å². The second-order valence-corrected chi connectivity index (χ2v) is 8.57. The van der Waals surface area contributed by atoms with Gasteiger partial charge in [0.05, 0.1) is 11.2 Å². The Morgan fingerprint density at radius 3 is 2.71 bits per heavy atom. The highest BCUT2D eigenvalue weighted by molar-refractivity contribution is 6.29. The molecule has 0 N–H and O–H groups in total. The Balaban J connectivity index is 1.63. The van der Waals surface area contributed by atoms with Gasteiger partial charge in [0.15, 0.2) is 0 Å². The van der Waals surface area contributed by atoms with Gasteiger partial charge in [0, 0.05) is 50.9 Å². The number of halogens is 2. The van der Waals surface area contributed by atoms with Crippen molar-refractivity contribution >= 4 is 28.3 Å². The molecule has 2 aromatic heterocycles. The zero-order valence-electron chi connectivity index (χ0n) is 19.1. The smallest absolute Gasteiger partial charge is 0.270 e. The van der Waals surface area contributed by atoms with Crippen LogP contribution in [0.5, 0.6) is 5.75 Å². The lowest BCUT2D eigenvalue weighted by Gasteiger charge is -2.40. The summed E-state index contributed by atoms with van der Waals surface area (Å²) in [5, 5.41) is 10.1. The number of aryl methyl sites for hydroxylation is 1. The van der Waals surface area contributed by atoms with Crippen molar-refractivity contribution in [3.05, 3.63) is 75.4 Å². The van der Waals surface area contributed by atoms with Crippen LogP contribution in [-0.2, 0) is 7.05 Å². The Morgan fingerprint density at radius 1 is 1.29 bits per heavy atom. The first-order valence-electron chi connectivity index (χ1n) is 11.0. The van der Waals surface area contributed by atoms with Gasteiger partial charge in [0.25, 0.3) is 5.56 Å². The molecule has 0 radical (unpaired) electrons. The van der Waals surface area contributed by atoms with Crippen LogP contribution in [0.2, 0.25) is 5.15 Å². The van der Waals surface area contributed by atoms with Crippen LogP contribution in [0.4, 0.5) is 10.1 Å². The van der Waals surface area contributed by atoms with E-state index < -0.39 is 0 Å². The Bertz CT molecular complexity index is 1340. The summed E-state index contributed by atoms with van der Waals surface area (Å²) in [5.41, 5.74) is 2.26. The predicted octanol–water partition coefficient (Wildman–Crippen LogP) is 4.05. The maximum absolute atomic E-state index is 13.8. The van der Waals surface area contributed by atoms with Crippen LogP contribution >= 0.6 is 11.6 Å². The average molecular weight is 482 g/mol. The van der Waals surface area contributed by atoms with E-state index in [1.807, 2.05) is 4.90 Å². The molecule has 1 saturated heterocycles. The molecule has 9 heteroatoms. The van der Waals surface area contributed by atoms with Crippen LogP contribution in [-0.4, -0.2) is 47.2 Å². The molecule has 176 valence electrons. The van der Waals surface area contributed by atoms with Gasteiger partial charge in [-0.05, 0) is 25.1 Å². The van der Waals surface area contributed by atoms with E-state index in [0.717, 1.165) is 5.56 Å². The minimum Gasteiger partial charge on any atom is -0.489 e. The number of pyridine rings is 2. The molecule has 0 saturated carbocycles. The van der Waals surface area contributed by atoms with Gasteiger partial charge in [0.2, 0.25) is 0 Å². The van der Waals surface area contributed by atoms with E-state index in [4.69, 9.17) is 16.3 Å². The molecule has 1 aliphatic heterocycles. The molecule has 0 aliphatic carbocycles. The summed E-state index contributed by atoms with van der Waals surface area (Å²) < 4.78 is 20.9. The van der Waals surface area contributed by atoms with E-state index in [0.29, 0.717) is 60.4 Å². The molecule has 34 heavy (non-hydrogen) atoms. The summed E-state index contributed by atoms with van der Waals surface area (Å²) in [5.74, 6) is 0.144. The van der Waals surface area contributed by atoms with Gasteiger partial charge in [0.1, 0.15) is 40.5 Å². The normalized spacial score (nSPS) is 15.2. The number of hydrogen-bond donors (Lipinski definition) is 0. The van der Waals surface area contributed by atoms with Crippen LogP contribution in [0, 0.1) is 17.1 Å². The zero-order valence-corrected chi connectivity index (χ0v) is 19.8. The molecule has 4 rings (SSSR count). The number of aromatic nitrogens is 2. The van der Waals surface area contributed by atoms with Crippen LogP contribution in [0.25, 0.3) is 11.0 Å². The van der Waals surface area contributed by atoms with Crippen molar-refractivity contribution in [3.63, 3.8) is 0 Å². The van der Waals surface area contributed by atoms with Gasteiger partial charge in [-0.25, -0.2) is 9.37 Å². The molecule has 3 heterocycles. The van der Waals surface area contributed by atoms with E-state index in [-0.39, 0.29) is 23.0 Å². The summed E-state index contributed by atoms with van der Waals surface area (Å²) in [6, 6.07) is 10.0. The molecular weight excluding hydrogens is 457 g/mol. The third-order valence-electron chi connectivity index (χ3n) is 6.25. The fourth-order valence-corrected chi connectivity index (χ4v) is 4.58. The first kappa shape index (κ1) is 23.7. The Labute approximate surface area is 202 Å². The van der Waals surface area contributed by atoms with Crippen LogP contribution < -0.4 is 15.2 Å². The highest BCUT2D eigenvalue weighted by Gasteiger charge is 2.28. The van der Waals surface area contributed by atoms with Crippen molar-refractivity contribution in [2.45, 2.75) is 13.0 Å². The standard InChI is InChI=1S/C25H25ClFN5O2/c1-4-13-34-21-14-17(27)5-6-18(21)16(2)31-9-11-32(12-10-31)24-19(15-28)25(33)30(3)20-7-8-22(26)29-23(20)24/h4-8,14,16H,1,9-13H2,2-3H3.